The number of rotatable bonds is 2. The van der Waals surface area contributed by atoms with Gasteiger partial charge in [-0.25, -0.2) is 0 Å². The Kier molecular flexibility index (Phi) is 6.42. The van der Waals surface area contributed by atoms with Crippen LogP contribution in [0, 0.1) is 46.8 Å². The third-order valence-corrected chi connectivity index (χ3v) is 1.24. The van der Waals surface area contributed by atoms with Gasteiger partial charge in [0.25, 0.3) is 0 Å². The summed E-state index contributed by atoms with van der Waals surface area (Å²) in [7, 11) is 0. The maximum atomic E-state index is 2.21. The standard InChI is InChI=1S/C9H11.Sm/c1-2-6-9-7-4-3-5-8-9;/h3-8H,2H2,1H3;/q-1;. The third kappa shape index (κ3) is 3.56. The first kappa shape index (κ1) is 10.4. The van der Waals surface area contributed by atoms with E-state index < -0.39 is 0 Å². The second kappa shape index (κ2) is 6.16. The summed E-state index contributed by atoms with van der Waals surface area (Å²) in [5.74, 6) is 0. The molecule has 1 aromatic rings. The molecule has 0 N–H and O–H groups in total. The predicted molar refractivity (Wildman–Crippen MR) is 40.1 cm³/mol. The minimum atomic E-state index is 0. The van der Waals surface area contributed by atoms with Gasteiger partial charge in [-0.05, 0) is 0 Å². The van der Waals surface area contributed by atoms with Crippen LogP contribution in [-0.4, -0.2) is 0 Å². The molecule has 0 unspecified atom stereocenters. The summed E-state index contributed by atoms with van der Waals surface area (Å²) in [6.07, 6.45) is 3.32. The van der Waals surface area contributed by atoms with E-state index in [-0.39, 0.29) is 40.4 Å². The van der Waals surface area contributed by atoms with Gasteiger partial charge in [0.15, 0.2) is 0 Å². The first-order chi connectivity index (χ1) is 4.43. The smallest absolute Gasteiger partial charge is 0 e. The average Bonchev–Trinajstić information content (AvgIpc) is 1.91. The van der Waals surface area contributed by atoms with Crippen molar-refractivity contribution in [2.75, 3.05) is 0 Å². The van der Waals surface area contributed by atoms with Gasteiger partial charge in [0.1, 0.15) is 0 Å². The van der Waals surface area contributed by atoms with Gasteiger partial charge in [0, 0.05) is 40.4 Å². The van der Waals surface area contributed by atoms with Crippen LogP contribution >= 0.6 is 0 Å². The van der Waals surface area contributed by atoms with Crippen LogP contribution in [0.25, 0.3) is 0 Å². The Labute approximate surface area is 95.1 Å². The van der Waals surface area contributed by atoms with E-state index in [1.54, 1.807) is 0 Å². The molecular weight excluding hydrogens is 258 g/mol. The Balaban J connectivity index is 0.000000810. The molecule has 0 aromatic heterocycles. The summed E-state index contributed by atoms with van der Waals surface area (Å²) in [6, 6.07) is 10.4. The van der Waals surface area contributed by atoms with Crippen molar-refractivity contribution in [1.29, 1.82) is 0 Å². The van der Waals surface area contributed by atoms with Gasteiger partial charge in [-0.1, -0.05) is 19.4 Å². The minimum Gasteiger partial charge on any atom is -0.192 e. The summed E-state index contributed by atoms with van der Waals surface area (Å²) in [4.78, 5) is 0. The first-order valence-corrected chi connectivity index (χ1v) is 3.31. The Hall–Kier alpha value is 0.428. The minimum absolute atomic E-state index is 0. The fourth-order valence-corrected chi connectivity index (χ4v) is 0.825. The normalized spacial score (nSPS) is 8.10. The molecule has 0 fully saturated rings. The summed E-state index contributed by atoms with van der Waals surface area (Å²) in [6.45, 7) is 2.15. The molecule has 0 saturated carbocycles. The van der Waals surface area contributed by atoms with E-state index in [0.29, 0.717) is 0 Å². The zero-order chi connectivity index (χ0) is 6.53. The molecule has 1 heteroatoms. The maximum absolute atomic E-state index is 2.21. The van der Waals surface area contributed by atoms with Crippen LogP contribution in [-0.2, 0) is 0 Å². The van der Waals surface area contributed by atoms with Gasteiger partial charge < -0.3 is 0 Å². The molecule has 0 amide bonds. The van der Waals surface area contributed by atoms with Gasteiger partial charge in [-0.3, -0.25) is 0 Å². The summed E-state index contributed by atoms with van der Waals surface area (Å²) >= 11 is 0. The molecule has 0 aliphatic heterocycles. The molecule has 0 saturated heterocycles. The van der Waals surface area contributed by atoms with E-state index in [9.17, 15) is 0 Å². The van der Waals surface area contributed by atoms with Gasteiger partial charge in [0.2, 0.25) is 0 Å². The Morgan fingerprint density at radius 3 is 2.30 bits per heavy atom. The van der Waals surface area contributed by atoms with Crippen molar-refractivity contribution in [1.82, 2.24) is 0 Å². The van der Waals surface area contributed by atoms with Crippen molar-refractivity contribution in [3.05, 3.63) is 42.3 Å². The van der Waals surface area contributed by atoms with Crippen LogP contribution in [0.1, 0.15) is 18.9 Å². The van der Waals surface area contributed by atoms with Gasteiger partial charge in [-0.2, -0.15) is 24.1 Å². The number of benzene rings is 1. The van der Waals surface area contributed by atoms with Gasteiger partial charge in [-0.15, -0.1) is 12.1 Å². The van der Waals surface area contributed by atoms with E-state index in [2.05, 4.69) is 37.6 Å². The molecule has 0 spiro atoms. The van der Waals surface area contributed by atoms with Crippen LogP contribution < -0.4 is 0 Å². The molecule has 1 rings (SSSR count). The van der Waals surface area contributed by atoms with E-state index in [1.165, 1.54) is 5.56 Å². The van der Waals surface area contributed by atoms with Gasteiger partial charge in [0.05, 0.1) is 0 Å². The molecule has 0 radical (unpaired) electrons. The Morgan fingerprint density at radius 2 is 1.80 bits per heavy atom. The van der Waals surface area contributed by atoms with E-state index >= 15 is 0 Å². The molecule has 0 aliphatic carbocycles. The van der Waals surface area contributed by atoms with Crippen LogP contribution in [0.4, 0.5) is 0 Å². The largest absolute Gasteiger partial charge is 0.192 e. The summed E-state index contributed by atoms with van der Waals surface area (Å²) in [5, 5.41) is 0. The third-order valence-electron chi connectivity index (χ3n) is 1.24. The van der Waals surface area contributed by atoms with Crippen LogP contribution in [0.2, 0.25) is 0 Å². The van der Waals surface area contributed by atoms with Crippen LogP contribution in [0.15, 0.2) is 30.3 Å². The fraction of sp³-hybridized carbons (Fsp3) is 0.222. The SMILES string of the molecule is CC[CH-]c1ccccc1.[Sm]. The van der Waals surface area contributed by atoms with E-state index in [1.807, 2.05) is 6.07 Å². The maximum Gasteiger partial charge on any atom is 0 e. The second-order valence-electron chi connectivity index (χ2n) is 2.02. The molecule has 0 atom stereocenters. The Morgan fingerprint density at radius 1 is 1.20 bits per heavy atom. The predicted octanol–water partition coefficient (Wildman–Crippen LogP) is 2.65. The molecule has 0 bridgehead atoms. The summed E-state index contributed by atoms with van der Waals surface area (Å²) in [5.41, 5.74) is 1.32. The van der Waals surface area contributed by atoms with Gasteiger partial charge >= 0.3 is 0 Å². The van der Waals surface area contributed by atoms with Crippen LogP contribution in [0.5, 0.6) is 0 Å². The quantitative estimate of drug-likeness (QED) is 0.724. The van der Waals surface area contributed by atoms with Crippen molar-refractivity contribution in [3.63, 3.8) is 0 Å². The molecule has 0 heterocycles. The molecule has 0 aliphatic rings. The molecule has 0 nitrogen and oxygen atoms in total. The monoisotopic (exact) mass is 271 g/mol. The number of hydrogen-bond donors (Lipinski definition) is 0. The van der Waals surface area contributed by atoms with Crippen LogP contribution in [0.3, 0.4) is 0 Å². The van der Waals surface area contributed by atoms with Crippen molar-refractivity contribution < 1.29 is 40.4 Å². The van der Waals surface area contributed by atoms with E-state index in [4.69, 9.17) is 0 Å². The van der Waals surface area contributed by atoms with Crippen molar-refractivity contribution >= 4 is 0 Å². The van der Waals surface area contributed by atoms with Crippen molar-refractivity contribution in [2.45, 2.75) is 13.3 Å². The number of hydrogen-bond acceptors (Lipinski definition) is 0. The molecule has 10 heavy (non-hydrogen) atoms. The van der Waals surface area contributed by atoms with Crippen molar-refractivity contribution in [2.24, 2.45) is 0 Å². The second-order valence-corrected chi connectivity index (χ2v) is 2.02. The van der Waals surface area contributed by atoms with Crippen molar-refractivity contribution in [3.8, 4) is 0 Å². The molecular formula is C9H11Sm-. The average molecular weight is 270 g/mol. The van der Waals surface area contributed by atoms with E-state index in [0.717, 1.165) is 6.42 Å². The summed E-state index contributed by atoms with van der Waals surface area (Å²) < 4.78 is 0. The zero-order valence-corrected chi connectivity index (χ0v) is 8.70. The first-order valence-electron chi connectivity index (χ1n) is 3.31. The topological polar surface area (TPSA) is 0 Å². The molecule has 1 aromatic carbocycles. The zero-order valence-electron chi connectivity index (χ0n) is 6.08. The Bertz CT molecular complexity index is 158. The molecule has 54 valence electrons. The fourth-order valence-electron chi connectivity index (χ4n) is 0.825.